The van der Waals surface area contributed by atoms with E-state index in [1.807, 2.05) is 35.7 Å². The van der Waals surface area contributed by atoms with Gasteiger partial charge in [0, 0.05) is 16.5 Å². The van der Waals surface area contributed by atoms with E-state index >= 15 is 0 Å². The topological polar surface area (TPSA) is 57.5 Å². The van der Waals surface area contributed by atoms with Crippen LogP contribution in [-0.2, 0) is 0 Å². The highest BCUT2D eigenvalue weighted by atomic mass is 35.5. The molecule has 22 heavy (non-hydrogen) atoms. The van der Waals surface area contributed by atoms with Gasteiger partial charge in [0.15, 0.2) is 0 Å². The van der Waals surface area contributed by atoms with Gasteiger partial charge in [-0.05, 0) is 18.2 Å². The highest BCUT2D eigenvalue weighted by Crippen LogP contribution is 2.24. The second-order valence-corrected chi connectivity index (χ2v) is 5.75. The Hall–Kier alpha value is -2.37. The Morgan fingerprint density at radius 2 is 2.00 bits per heavy atom. The molecular formula is C16H12ClN3OS. The van der Waals surface area contributed by atoms with Gasteiger partial charge in [-0.3, -0.25) is 5.43 Å². The van der Waals surface area contributed by atoms with Crippen molar-refractivity contribution in [2.24, 2.45) is 5.10 Å². The summed E-state index contributed by atoms with van der Waals surface area (Å²) in [5, 5.41) is 16.5. The fraction of sp³-hybridized carbons (Fsp3) is 0. The number of rotatable bonds is 4. The first-order valence-electron chi connectivity index (χ1n) is 6.51. The van der Waals surface area contributed by atoms with Crippen molar-refractivity contribution in [2.75, 3.05) is 5.43 Å². The molecule has 0 aliphatic heterocycles. The van der Waals surface area contributed by atoms with Crippen LogP contribution < -0.4 is 5.43 Å². The first-order valence-corrected chi connectivity index (χ1v) is 7.77. The van der Waals surface area contributed by atoms with Crippen LogP contribution in [0.5, 0.6) is 5.75 Å². The van der Waals surface area contributed by atoms with Crippen molar-refractivity contribution in [2.45, 2.75) is 0 Å². The van der Waals surface area contributed by atoms with Crippen molar-refractivity contribution in [3.8, 4) is 17.0 Å². The van der Waals surface area contributed by atoms with Crippen molar-refractivity contribution < 1.29 is 5.11 Å². The van der Waals surface area contributed by atoms with Crippen molar-refractivity contribution >= 4 is 34.3 Å². The predicted molar refractivity (Wildman–Crippen MR) is 91.9 cm³/mol. The Balaban J connectivity index is 1.69. The van der Waals surface area contributed by atoms with Crippen molar-refractivity contribution in [1.29, 1.82) is 0 Å². The van der Waals surface area contributed by atoms with Gasteiger partial charge in [0.25, 0.3) is 0 Å². The number of nitrogens with one attached hydrogen (secondary N) is 1. The molecule has 0 aliphatic carbocycles. The predicted octanol–water partition coefficient (Wildman–Crippen LogP) is 4.62. The van der Waals surface area contributed by atoms with E-state index in [0.717, 1.165) is 11.3 Å². The number of halogens is 1. The molecule has 0 radical (unpaired) electrons. The molecule has 110 valence electrons. The summed E-state index contributed by atoms with van der Waals surface area (Å²) >= 11 is 7.48. The number of nitrogens with zero attached hydrogens (tertiary/aromatic N) is 2. The molecule has 0 atom stereocenters. The van der Waals surface area contributed by atoms with Gasteiger partial charge in [0.05, 0.1) is 16.9 Å². The molecule has 1 heterocycles. The summed E-state index contributed by atoms with van der Waals surface area (Å²) in [6.07, 6.45) is 1.59. The number of phenolic OH excluding ortho intramolecular Hbond substituents is 1. The van der Waals surface area contributed by atoms with E-state index in [9.17, 15) is 5.11 Å². The van der Waals surface area contributed by atoms with E-state index in [1.54, 1.807) is 18.3 Å². The van der Waals surface area contributed by atoms with Crippen LogP contribution in [0.15, 0.2) is 59.0 Å². The minimum Gasteiger partial charge on any atom is -0.508 e. The van der Waals surface area contributed by atoms with Gasteiger partial charge in [0.1, 0.15) is 5.75 Å². The Kier molecular flexibility index (Phi) is 4.37. The molecule has 1 aromatic heterocycles. The summed E-state index contributed by atoms with van der Waals surface area (Å²) in [5.41, 5.74) is 5.57. The minimum absolute atomic E-state index is 0.127. The highest BCUT2D eigenvalue weighted by Gasteiger charge is 2.03. The molecule has 0 saturated heterocycles. The SMILES string of the molecule is Oc1ccc(C=NNc2nc(-c3ccccc3)cs2)c(Cl)c1. The number of hydrogen-bond acceptors (Lipinski definition) is 5. The molecule has 6 heteroatoms. The van der Waals surface area contributed by atoms with Crippen LogP contribution in [0.1, 0.15) is 5.56 Å². The quantitative estimate of drug-likeness (QED) is 0.542. The Bertz CT molecular complexity index is 802. The lowest BCUT2D eigenvalue weighted by Crippen LogP contribution is -1.90. The molecular weight excluding hydrogens is 318 g/mol. The zero-order valence-corrected chi connectivity index (χ0v) is 13.0. The molecule has 0 spiro atoms. The number of aromatic hydroxyl groups is 1. The third-order valence-corrected chi connectivity index (χ3v) is 4.00. The average molecular weight is 330 g/mol. The Morgan fingerprint density at radius 1 is 1.18 bits per heavy atom. The van der Waals surface area contributed by atoms with E-state index in [4.69, 9.17) is 11.6 Å². The second-order valence-electron chi connectivity index (χ2n) is 4.48. The van der Waals surface area contributed by atoms with Crippen molar-refractivity contribution in [3.63, 3.8) is 0 Å². The number of benzene rings is 2. The van der Waals surface area contributed by atoms with Crippen LogP contribution in [0.2, 0.25) is 5.02 Å². The van der Waals surface area contributed by atoms with Crippen LogP contribution in [0.25, 0.3) is 11.3 Å². The van der Waals surface area contributed by atoms with Gasteiger partial charge in [-0.25, -0.2) is 4.98 Å². The fourth-order valence-corrected chi connectivity index (χ4v) is 2.74. The van der Waals surface area contributed by atoms with Gasteiger partial charge in [-0.15, -0.1) is 11.3 Å². The number of hydrogen-bond donors (Lipinski definition) is 2. The molecule has 0 fully saturated rings. The van der Waals surface area contributed by atoms with Crippen LogP contribution in [0.3, 0.4) is 0 Å². The van der Waals surface area contributed by atoms with Crippen LogP contribution in [0.4, 0.5) is 5.13 Å². The van der Waals surface area contributed by atoms with Crippen LogP contribution in [0, 0.1) is 0 Å². The molecule has 3 aromatic rings. The third-order valence-electron chi connectivity index (χ3n) is 2.92. The molecule has 0 amide bonds. The highest BCUT2D eigenvalue weighted by molar-refractivity contribution is 7.14. The zero-order valence-electron chi connectivity index (χ0n) is 11.4. The van der Waals surface area contributed by atoms with Gasteiger partial charge in [0.2, 0.25) is 5.13 Å². The smallest absolute Gasteiger partial charge is 0.203 e. The largest absolute Gasteiger partial charge is 0.508 e. The maximum absolute atomic E-state index is 9.30. The number of phenols is 1. The van der Waals surface area contributed by atoms with Gasteiger partial charge in [-0.1, -0.05) is 41.9 Å². The van der Waals surface area contributed by atoms with E-state index in [-0.39, 0.29) is 5.75 Å². The standard InChI is InChI=1S/C16H12ClN3OS/c17-14-8-13(21)7-6-12(14)9-18-20-16-19-15(10-22-16)11-4-2-1-3-5-11/h1-10,21H,(H,19,20). The van der Waals surface area contributed by atoms with E-state index < -0.39 is 0 Å². The van der Waals surface area contributed by atoms with E-state index in [0.29, 0.717) is 15.7 Å². The summed E-state index contributed by atoms with van der Waals surface area (Å²) < 4.78 is 0. The maximum Gasteiger partial charge on any atom is 0.203 e. The summed E-state index contributed by atoms with van der Waals surface area (Å²) in [7, 11) is 0. The number of aromatic nitrogens is 1. The molecule has 2 N–H and O–H groups in total. The summed E-state index contributed by atoms with van der Waals surface area (Å²) in [6.45, 7) is 0. The number of hydrazone groups is 1. The molecule has 0 bridgehead atoms. The first kappa shape index (κ1) is 14.6. The third kappa shape index (κ3) is 3.44. The number of thiazole rings is 1. The lowest BCUT2D eigenvalue weighted by molar-refractivity contribution is 0.475. The second kappa shape index (κ2) is 6.60. The van der Waals surface area contributed by atoms with Gasteiger partial charge >= 0.3 is 0 Å². The normalized spacial score (nSPS) is 11.0. The number of anilines is 1. The fourth-order valence-electron chi connectivity index (χ4n) is 1.84. The minimum atomic E-state index is 0.127. The van der Waals surface area contributed by atoms with E-state index in [1.165, 1.54) is 17.4 Å². The average Bonchev–Trinajstić information content (AvgIpc) is 2.99. The van der Waals surface area contributed by atoms with Crippen molar-refractivity contribution in [1.82, 2.24) is 4.98 Å². The van der Waals surface area contributed by atoms with Crippen LogP contribution >= 0.6 is 22.9 Å². The molecule has 0 aliphatic rings. The molecule has 0 unspecified atom stereocenters. The Morgan fingerprint density at radius 3 is 2.77 bits per heavy atom. The lowest BCUT2D eigenvalue weighted by Gasteiger charge is -1.98. The van der Waals surface area contributed by atoms with Gasteiger partial charge < -0.3 is 5.11 Å². The molecule has 3 rings (SSSR count). The van der Waals surface area contributed by atoms with E-state index in [2.05, 4.69) is 15.5 Å². The lowest BCUT2D eigenvalue weighted by atomic mass is 10.2. The summed E-state index contributed by atoms with van der Waals surface area (Å²) in [6, 6.07) is 14.7. The monoisotopic (exact) mass is 329 g/mol. The summed E-state index contributed by atoms with van der Waals surface area (Å²) in [5.74, 6) is 0.127. The molecule has 2 aromatic carbocycles. The van der Waals surface area contributed by atoms with Crippen LogP contribution in [-0.4, -0.2) is 16.3 Å². The zero-order chi connectivity index (χ0) is 15.4. The summed E-state index contributed by atoms with van der Waals surface area (Å²) in [4.78, 5) is 4.47. The Labute approximate surface area is 136 Å². The molecule has 0 saturated carbocycles. The first-order chi connectivity index (χ1) is 10.7. The van der Waals surface area contributed by atoms with Crippen molar-refractivity contribution in [3.05, 3.63) is 64.5 Å². The molecule has 4 nitrogen and oxygen atoms in total. The van der Waals surface area contributed by atoms with Gasteiger partial charge in [-0.2, -0.15) is 5.10 Å². The maximum atomic E-state index is 9.30.